The van der Waals surface area contributed by atoms with E-state index in [1.165, 1.54) is 33.4 Å². The van der Waals surface area contributed by atoms with Crippen LogP contribution in [0.4, 0.5) is 0 Å². The van der Waals surface area contributed by atoms with Crippen molar-refractivity contribution in [2.45, 2.75) is 87.0 Å². The Kier molecular flexibility index (Phi) is 10.7. The van der Waals surface area contributed by atoms with Gasteiger partial charge in [-0.2, -0.15) is 17.2 Å². The fourth-order valence-corrected chi connectivity index (χ4v) is 7.58. The number of hydrogen-bond donors (Lipinski definition) is 0. The number of hydrogen-bond acceptors (Lipinski definition) is 3. The molecule has 0 saturated carbocycles. The molecule has 0 unspecified atom stereocenters. The van der Waals surface area contributed by atoms with E-state index in [1.54, 1.807) is 0 Å². The van der Waals surface area contributed by atoms with Gasteiger partial charge in [-0.1, -0.05) is 78.2 Å². The maximum absolute atomic E-state index is 6.47. The van der Waals surface area contributed by atoms with Crippen LogP contribution >= 0.6 is 0 Å². The summed E-state index contributed by atoms with van der Waals surface area (Å²) in [6.07, 6.45) is 8.14. The Hall–Kier alpha value is -4.47. The number of fused-ring (bicyclic) bond motifs is 3. The van der Waals surface area contributed by atoms with Gasteiger partial charge in [-0.25, -0.2) is 4.98 Å². The van der Waals surface area contributed by atoms with E-state index in [-0.39, 0.29) is 26.5 Å². The summed E-state index contributed by atoms with van der Waals surface area (Å²) in [6.45, 7) is 20.4. The summed E-state index contributed by atoms with van der Waals surface area (Å²) >= 11 is 0. The van der Waals surface area contributed by atoms with Crippen molar-refractivity contribution in [3.8, 4) is 34.1 Å². The summed E-state index contributed by atoms with van der Waals surface area (Å²) in [5.41, 5.74) is 12.2. The third kappa shape index (κ3) is 7.39. The number of benzene rings is 4. The molecule has 5 nitrogen and oxygen atoms in total. The fraction of sp³-hybridized carbons (Fsp3) is 0.304. The summed E-state index contributed by atoms with van der Waals surface area (Å²) in [5.74, 6) is 2.88. The molecule has 7 aromatic rings. The Morgan fingerprint density at radius 3 is 2.21 bits per heavy atom. The Morgan fingerprint density at radius 1 is 0.788 bits per heavy atom. The van der Waals surface area contributed by atoms with Gasteiger partial charge in [-0.05, 0) is 107 Å². The topological polar surface area (TPSA) is 44.9 Å². The quantitative estimate of drug-likeness (QED) is 0.136. The van der Waals surface area contributed by atoms with Crippen molar-refractivity contribution in [1.29, 1.82) is 0 Å². The Bertz CT molecular complexity index is 2340. The molecule has 0 spiro atoms. The predicted octanol–water partition coefficient (Wildman–Crippen LogP) is 12.3. The summed E-state index contributed by atoms with van der Waals surface area (Å²) in [4.78, 5) is 4.83. The van der Waals surface area contributed by atoms with E-state index in [4.69, 9.17) is 14.8 Å². The van der Waals surface area contributed by atoms with Crippen LogP contribution in [0.2, 0.25) is 0 Å². The molecule has 0 bridgehead atoms. The second-order valence-corrected chi connectivity index (χ2v) is 15.7. The Balaban J connectivity index is 0.00000464. The number of pyridine rings is 1. The molecular formula is C46H48N4OPt. The van der Waals surface area contributed by atoms with E-state index in [0.29, 0.717) is 23.3 Å². The zero-order chi connectivity index (χ0) is 36.0. The summed E-state index contributed by atoms with van der Waals surface area (Å²) in [7, 11) is 0. The number of nitrogens with zero attached hydrogens (tertiary/aromatic N) is 4. The number of rotatable bonds is 9. The van der Waals surface area contributed by atoms with Crippen LogP contribution in [0, 0.1) is 31.4 Å². The molecule has 52 heavy (non-hydrogen) atoms. The first-order valence-corrected chi connectivity index (χ1v) is 18.2. The van der Waals surface area contributed by atoms with Crippen LogP contribution in [0.3, 0.4) is 0 Å². The molecule has 0 amide bonds. The van der Waals surface area contributed by atoms with Crippen LogP contribution in [-0.2, 0) is 27.5 Å². The molecule has 6 heteroatoms. The van der Waals surface area contributed by atoms with Crippen molar-refractivity contribution in [2.24, 2.45) is 5.41 Å². The SMILES string of the molecule is Cc1cc(C)c(C(C)C)c(-c2cnn(-c3[c-]c(Oc4[c-]c5c(cc4)c4ccccc4n5-c4cc(CCC(C)(C)C)ccn4)ccc3)c2)c1C(C)C.[Pt+2]. The molecule has 0 fully saturated rings. The number of aromatic nitrogens is 4. The van der Waals surface area contributed by atoms with Gasteiger partial charge in [-0.15, -0.1) is 35.7 Å². The smallest absolute Gasteiger partial charge is 0.509 e. The van der Waals surface area contributed by atoms with Gasteiger partial charge in [0.15, 0.2) is 0 Å². The maximum atomic E-state index is 6.47. The molecule has 268 valence electrons. The average molecular weight is 868 g/mol. The van der Waals surface area contributed by atoms with Gasteiger partial charge in [0.05, 0.1) is 6.20 Å². The van der Waals surface area contributed by atoms with Crippen molar-refractivity contribution in [3.63, 3.8) is 0 Å². The molecule has 4 aromatic carbocycles. The maximum Gasteiger partial charge on any atom is 2.00 e. The molecule has 0 aliphatic rings. The third-order valence-corrected chi connectivity index (χ3v) is 9.83. The summed E-state index contributed by atoms with van der Waals surface area (Å²) in [5, 5.41) is 7.09. The summed E-state index contributed by atoms with van der Waals surface area (Å²) < 4.78 is 10.6. The van der Waals surface area contributed by atoms with E-state index in [0.717, 1.165) is 51.7 Å². The first-order valence-electron chi connectivity index (χ1n) is 18.2. The number of aryl methyl sites for hydroxylation is 3. The first-order chi connectivity index (χ1) is 24.4. The van der Waals surface area contributed by atoms with Crippen LogP contribution in [0.1, 0.15) is 94.5 Å². The molecule has 3 heterocycles. The van der Waals surface area contributed by atoms with Gasteiger partial charge < -0.3 is 9.30 Å². The van der Waals surface area contributed by atoms with Gasteiger partial charge in [0.2, 0.25) is 0 Å². The second kappa shape index (κ2) is 14.9. The minimum Gasteiger partial charge on any atom is -0.509 e. The third-order valence-electron chi connectivity index (χ3n) is 9.83. The molecule has 3 aromatic heterocycles. The summed E-state index contributed by atoms with van der Waals surface area (Å²) in [6, 6.07) is 32.2. The second-order valence-electron chi connectivity index (χ2n) is 15.7. The van der Waals surface area contributed by atoms with E-state index in [2.05, 4.69) is 134 Å². The van der Waals surface area contributed by atoms with Crippen molar-refractivity contribution < 1.29 is 25.8 Å². The zero-order valence-electron chi connectivity index (χ0n) is 31.7. The zero-order valence-corrected chi connectivity index (χ0v) is 34.0. The van der Waals surface area contributed by atoms with Crippen molar-refractivity contribution >= 4 is 21.8 Å². The van der Waals surface area contributed by atoms with Crippen LogP contribution in [-0.4, -0.2) is 19.3 Å². The van der Waals surface area contributed by atoms with E-state index in [9.17, 15) is 0 Å². The van der Waals surface area contributed by atoms with Gasteiger partial charge in [-0.3, -0.25) is 4.68 Å². The molecule has 0 atom stereocenters. The molecule has 0 saturated heterocycles. The van der Waals surface area contributed by atoms with E-state index < -0.39 is 0 Å². The molecule has 0 N–H and O–H groups in total. The van der Waals surface area contributed by atoms with E-state index in [1.807, 2.05) is 41.3 Å². The van der Waals surface area contributed by atoms with Crippen LogP contribution in [0.25, 0.3) is 44.4 Å². The van der Waals surface area contributed by atoms with Gasteiger partial charge in [0, 0.05) is 35.0 Å². The largest absolute Gasteiger partial charge is 2.00 e. The van der Waals surface area contributed by atoms with Gasteiger partial charge in [0.25, 0.3) is 0 Å². The van der Waals surface area contributed by atoms with Crippen molar-refractivity contribution in [1.82, 2.24) is 19.3 Å². The fourth-order valence-electron chi connectivity index (χ4n) is 7.58. The van der Waals surface area contributed by atoms with Crippen LogP contribution < -0.4 is 4.74 Å². The van der Waals surface area contributed by atoms with Gasteiger partial charge in [0.1, 0.15) is 5.82 Å². The van der Waals surface area contributed by atoms with E-state index >= 15 is 0 Å². The molecule has 0 aliphatic carbocycles. The minimum absolute atomic E-state index is 0. The Labute approximate surface area is 323 Å². The normalized spacial score (nSPS) is 11.9. The molecular weight excluding hydrogens is 820 g/mol. The van der Waals surface area contributed by atoms with Crippen molar-refractivity contribution in [2.75, 3.05) is 0 Å². The standard InChI is InChI=1S/C46H48N4O.Pt/c1-29(2)43-31(5)23-32(6)44(30(3)4)45(43)34-27-48-49(28-34)35-13-12-14-36(25-35)51-37-17-18-39-38-15-10-11-16-40(38)50(41(39)26-37)42-24-33(20-22-47-42)19-21-46(7,8)9;/h10-18,20,22-24,27-30H,19,21H2,1-9H3;/q-2;+2. The average Bonchev–Trinajstić information content (AvgIpc) is 3.70. The predicted molar refractivity (Wildman–Crippen MR) is 211 cm³/mol. The monoisotopic (exact) mass is 867 g/mol. The first kappa shape index (κ1) is 37.3. The van der Waals surface area contributed by atoms with Gasteiger partial charge >= 0.3 is 21.1 Å². The molecule has 0 radical (unpaired) electrons. The molecule has 0 aliphatic heterocycles. The number of para-hydroxylation sites is 1. The number of ether oxygens (including phenoxy) is 1. The molecule has 7 rings (SSSR count). The van der Waals surface area contributed by atoms with Crippen molar-refractivity contribution in [3.05, 3.63) is 131 Å². The minimum atomic E-state index is 0. The van der Waals surface area contributed by atoms with Crippen LogP contribution in [0.5, 0.6) is 11.5 Å². The van der Waals surface area contributed by atoms with Crippen LogP contribution in [0.15, 0.2) is 91.4 Å². The Morgan fingerprint density at radius 2 is 1.50 bits per heavy atom.